The lowest BCUT2D eigenvalue weighted by Crippen LogP contribution is -2.48. The van der Waals surface area contributed by atoms with Gasteiger partial charge in [0, 0.05) is 39.1 Å². The second-order valence-corrected chi connectivity index (χ2v) is 7.80. The standard InChI is InChI=1S/C22H34N4O.HI/c1-3-23-22(24-13-11-21(27)25-14-7-8-15-25)26-16-12-20(18(2)17-26)19-9-5-4-6-10-19;/h4-6,9-10,18,20H,3,7-8,11-17H2,1-2H3,(H,23,24);1H. The van der Waals surface area contributed by atoms with E-state index in [1.165, 1.54) is 5.56 Å². The van der Waals surface area contributed by atoms with E-state index in [1.807, 2.05) is 4.90 Å². The molecule has 3 rings (SSSR count). The second-order valence-electron chi connectivity index (χ2n) is 7.80. The van der Waals surface area contributed by atoms with Crippen molar-refractivity contribution in [1.29, 1.82) is 0 Å². The molecule has 1 aromatic rings. The molecule has 2 heterocycles. The maximum absolute atomic E-state index is 12.2. The van der Waals surface area contributed by atoms with E-state index in [0.29, 0.717) is 24.8 Å². The Morgan fingerprint density at radius 3 is 2.50 bits per heavy atom. The average molecular weight is 498 g/mol. The van der Waals surface area contributed by atoms with Crippen LogP contribution in [-0.4, -0.2) is 60.9 Å². The molecule has 2 saturated heterocycles. The van der Waals surface area contributed by atoms with E-state index in [0.717, 1.165) is 57.9 Å². The summed E-state index contributed by atoms with van der Waals surface area (Å²) in [7, 11) is 0. The Balaban J connectivity index is 0.00000280. The van der Waals surface area contributed by atoms with Crippen LogP contribution in [0.2, 0.25) is 0 Å². The summed E-state index contributed by atoms with van der Waals surface area (Å²) < 4.78 is 0. The molecule has 2 atom stereocenters. The molecule has 28 heavy (non-hydrogen) atoms. The number of nitrogens with one attached hydrogen (secondary N) is 1. The van der Waals surface area contributed by atoms with Crippen molar-refractivity contribution in [2.75, 3.05) is 39.3 Å². The van der Waals surface area contributed by atoms with Crippen LogP contribution < -0.4 is 5.32 Å². The Hall–Kier alpha value is -1.31. The van der Waals surface area contributed by atoms with E-state index in [9.17, 15) is 4.79 Å². The normalized spacial score (nSPS) is 22.7. The third-order valence-corrected chi connectivity index (χ3v) is 5.81. The molecule has 1 amide bonds. The number of hydrogen-bond donors (Lipinski definition) is 1. The summed E-state index contributed by atoms with van der Waals surface area (Å²) >= 11 is 0. The highest BCUT2D eigenvalue weighted by molar-refractivity contribution is 14.0. The number of amides is 1. The first-order valence-electron chi connectivity index (χ1n) is 10.5. The van der Waals surface area contributed by atoms with Crippen molar-refractivity contribution in [3.8, 4) is 0 Å². The molecule has 0 radical (unpaired) electrons. The summed E-state index contributed by atoms with van der Waals surface area (Å²) in [6.07, 6.45) is 3.95. The van der Waals surface area contributed by atoms with E-state index in [4.69, 9.17) is 4.99 Å². The average Bonchev–Trinajstić information content (AvgIpc) is 3.23. The van der Waals surface area contributed by atoms with E-state index < -0.39 is 0 Å². The molecule has 2 aliphatic rings. The van der Waals surface area contributed by atoms with Gasteiger partial charge in [-0.05, 0) is 43.6 Å². The number of likely N-dealkylation sites (tertiary alicyclic amines) is 2. The molecule has 1 aromatic carbocycles. The summed E-state index contributed by atoms with van der Waals surface area (Å²) in [5.74, 6) is 2.41. The minimum Gasteiger partial charge on any atom is -0.357 e. The monoisotopic (exact) mass is 498 g/mol. The van der Waals surface area contributed by atoms with Gasteiger partial charge in [0.25, 0.3) is 0 Å². The minimum absolute atomic E-state index is 0. The van der Waals surface area contributed by atoms with Gasteiger partial charge in [0.05, 0.1) is 6.54 Å². The van der Waals surface area contributed by atoms with Crippen LogP contribution in [0.15, 0.2) is 35.3 Å². The molecule has 1 N–H and O–H groups in total. The maximum Gasteiger partial charge on any atom is 0.224 e. The number of piperidine rings is 1. The summed E-state index contributed by atoms with van der Waals surface area (Å²) in [6.45, 7) is 9.73. The largest absolute Gasteiger partial charge is 0.357 e. The van der Waals surface area contributed by atoms with Crippen LogP contribution in [0.4, 0.5) is 0 Å². The van der Waals surface area contributed by atoms with E-state index >= 15 is 0 Å². The van der Waals surface area contributed by atoms with Gasteiger partial charge in [-0.25, -0.2) is 0 Å². The van der Waals surface area contributed by atoms with Crippen LogP contribution in [0, 0.1) is 5.92 Å². The Kier molecular flexibility index (Phi) is 9.55. The van der Waals surface area contributed by atoms with Crippen molar-refractivity contribution in [1.82, 2.24) is 15.1 Å². The van der Waals surface area contributed by atoms with Crippen molar-refractivity contribution in [3.05, 3.63) is 35.9 Å². The lowest BCUT2D eigenvalue weighted by atomic mass is 9.82. The third-order valence-electron chi connectivity index (χ3n) is 5.81. The minimum atomic E-state index is 0. The molecule has 6 heteroatoms. The van der Waals surface area contributed by atoms with Gasteiger partial charge >= 0.3 is 0 Å². The van der Waals surface area contributed by atoms with E-state index in [-0.39, 0.29) is 29.9 Å². The van der Waals surface area contributed by atoms with Crippen LogP contribution in [0.5, 0.6) is 0 Å². The molecule has 0 aliphatic carbocycles. The fourth-order valence-corrected chi connectivity index (χ4v) is 4.34. The third kappa shape index (κ3) is 6.09. The first kappa shape index (κ1) is 23.0. The van der Waals surface area contributed by atoms with Gasteiger partial charge < -0.3 is 15.1 Å². The molecule has 0 saturated carbocycles. The molecule has 0 bridgehead atoms. The zero-order chi connectivity index (χ0) is 19.1. The number of guanidine groups is 1. The van der Waals surface area contributed by atoms with Gasteiger partial charge in [-0.3, -0.25) is 9.79 Å². The smallest absolute Gasteiger partial charge is 0.224 e. The summed E-state index contributed by atoms with van der Waals surface area (Å²) in [6, 6.07) is 10.9. The van der Waals surface area contributed by atoms with E-state index in [1.54, 1.807) is 0 Å². The first-order chi connectivity index (χ1) is 13.2. The van der Waals surface area contributed by atoms with Gasteiger partial charge in [-0.15, -0.1) is 24.0 Å². The van der Waals surface area contributed by atoms with Crippen LogP contribution in [0.3, 0.4) is 0 Å². The quantitative estimate of drug-likeness (QED) is 0.383. The molecular weight excluding hydrogens is 463 g/mol. The van der Waals surface area contributed by atoms with Crippen LogP contribution in [-0.2, 0) is 4.79 Å². The highest BCUT2D eigenvalue weighted by Crippen LogP contribution is 2.32. The summed E-state index contributed by atoms with van der Waals surface area (Å²) in [4.78, 5) is 21.4. The van der Waals surface area contributed by atoms with Gasteiger partial charge in [0.1, 0.15) is 0 Å². The topological polar surface area (TPSA) is 47.9 Å². The predicted molar refractivity (Wildman–Crippen MR) is 126 cm³/mol. The van der Waals surface area contributed by atoms with Gasteiger partial charge in [-0.2, -0.15) is 0 Å². The van der Waals surface area contributed by atoms with Gasteiger partial charge in [0.15, 0.2) is 5.96 Å². The summed E-state index contributed by atoms with van der Waals surface area (Å²) in [5, 5.41) is 3.42. The number of carbonyl (C=O) groups is 1. The zero-order valence-electron chi connectivity index (χ0n) is 17.3. The highest BCUT2D eigenvalue weighted by atomic mass is 127. The Bertz CT molecular complexity index is 631. The maximum atomic E-state index is 12.2. The van der Waals surface area contributed by atoms with Crippen LogP contribution in [0.1, 0.15) is 51.0 Å². The van der Waals surface area contributed by atoms with E-state index in [2.05, 4.69) is 54.4 Å². The van der Waals surface area contributed by atoms with Crippen molar-refractivity contribution in [3.63, 3.8) is 0 Å². The molecule has 2 aliphatic heterocycles. The SMILES string of the molecule is CCNC(=NCCC(=O)N1CCCC1)N1CCC(c2ccccc2)C(C)C1.I. The lowest BCUT2D eigenvalue weighted by Gasteiger charge is -2.39. The number of benzene rings is 1. The lowest BCUT2D eigenvalue weighted by molar-refractivity contribution is -0.129. The number of halogens is 1. The number of rotatable bonds is 5. The highest BCUT2D eigenvalue weighted by Gasteiger charge is 2.28. The van der Waals surface area contributed by atoms with Gasteiger partial charge in [0.2, 0.25) is 5.91 Å². The number of carbonyl (C=O) groups excluding carboxylic acids is 1. The Morgan fingerprint density at radius 2 is 1.86 bits per heavy atom. The number of nitrogens with zero attached hydrogens (tertiary/aromatic N) is 3. The molecule has 2 unspecified atom stereocenters. The Labute approximate surface area is 187 Å². The van der Waals surface area contributed by atoms with Crippen LogP contribution in [0.25, 0.3) is 0 Å². The second kappa shape index (κ2) is 11.6. The van der Waals surface area contributed by atoms with Crippen molar-refractivity contribution < 1.29 is 4.79 Å². The molecule has 2 fully saturated rings. The molecule has 156 valence electrons. The van der Waals surface area contributed by atoms with Crippen molar-refractivity contribution in [2.24, 2.45) is 10.9 Å². The zero-order valence-corrected chi connectivity index (χ0v) is 19.6. The molecule has 0 spiro atoms. The predicted octanol–water partition coefficient (Wildman–Crippen LogP) is 3.71. The van der Waals surface area contributed by atoms with Crippen molar-refractivity contribution >= 4 is 35.8 Å². The molecule has 0 aromatic heterocycles. The molecule has 5 nitrogen and oxygen atoms in total. The fraction of sp³-hybridized carbons (Fsp3) is 0.636. The molecular formula is C22H35IN4O. The van der Waals surface area contributed by atoms with Crippen molar-refractivity contribution in [2.45, 2.75) is 45.4 Å². The first-order valence-corrected chi connectivity index (χ1v) is 10.5. The van der Waals surface area contributed by atoms with Crippen LogP contribution >= 0.6 is 24.0 Å². The number of aliphatic imine (C=N–C) groups is 1. The fourth-order valence-electron chi connectivity index (χ4n) is 4.34. The summed E-state index contributed by atoms with van der Waals surface area (Å²) in [5.41, 5.74) is 1.45. The number of hydrogen-bond acceptors (Lipinski definition) is 2. The Morgan fingerprint density at radius 1 is 1.14 bits per heavy atom. The van der Waals surface area contributed by atoms with Gasteiger partial charge in [-0.1, -0.05) is 37.3 Å².